The number of pyridine rings is 1. The van der Waals surface area contributed by atoms with Crippen molar-refractivity contribution in [2.45, 2.75) is 71.3 Å². The fourth-order valence-corrected chi connectivity index (χ4v) is 5.85. The minimum Gasteiger partial charge on any atom is -0.444 e. The molecule has 0 radical (unpaired) electrons. The average molecular weight is 575 g/mol. The predicted molar refractivity (Wildman–Crippen MR) is 160 cm³/mol. The molecule has 222 valence electrons. The molecule has 5 rings (SSSR count). The van der Waals surface area contributed by atoms with Crippen molar-refractivity contribution in [2.75, 3.05) is 25.4 Å². The first-order valence-corrected chi connectivity index (χ1v) is 14.6. The van der Waals surface area contributed by atoms with Crippen LogP contribution >= 0.6 is 0 Å². The molecule has 2 aromatic heterocycles. The zero-order valence-corrected chi connectivity index (χ0v) is 24.8. The lowest BCUT2D eigenvalue weighted by Gasteiger charge is -2.33. The van der Waals surface area contributed by atoms with Gasteiger partial charge in [-0.05, 0) is 94.5 Å². The van der Waals surface area contributed by atoms with Crippen LogP contribution in [0.25, 0.3) is 11.1 Å². The number of carbonyl (C=O) groups excluding carboxylic acids is 1. The molecule has 2 aliphatic rings. The van der Waals surface area contributed by atoms with Crippen molar-refractivity contribution in [1.29, 1.82) is 0 Å². The third-order valence-corrected chi connectivity index (χ3v) is 7.84. The summed E-state index contributed by atoms with van der Waals surface area (Å²) in [6, 6.07) is 8.67. The normalized spacial score (nSPS) is 18.5. The molecule has 10 heteroatoms. The van der Waals surface area contributed by atoms with Crippen molar-refractivity contribution >= 4 is 17.8 Å². The van der Waals surface area contributed by atoms with Gasteiger partial charge in [-0.15, -0.1) is 0 Å². The number of oxime groups is 1. The maximum absolute atomic E-state index is 14.4. The minimum atomic E-state index is -0.496. The molecule has 1 fully saturated rings. The average Bonchev–Trinajstić information content (AvgIpc) is 2.94. The number of amides is 1. The van der Waals surface area contributed by atoms with Crippen LogP contribution in [0.4, 0.5) is 15.1 Å². The van der Waals surface area contributed by atoms with E-state index in [2.05, 4.69) is 20.1 Å². The number of nitrogens with zero attached hydrogens (tertiary/aromatic N) is 5. The van der Waals surface area contributed by atoms with Gasteiger partial charge in [0, 0.05) is 43.0 Å². The SMILES string of the molecule is Cc1nc(N)nc2c1C(=NOCCC1CCN(C(=O)OC(C)(C)C)CC1)CC(c1ccc(F)cc1-c1cccnc1)C2. The second-order valence-electron chi connectivity index (χ2n) is 12.1. The number of hydrogen-bond donors (Lipinski definition) is 1. The number of likely N-dealkylation sites (tertiary alicyclic amines) is 1. The summed E-state index contributed by atoms with van der Waals surface area (Å²) in [5, 5.41) is 4.60. The summed E-state index contributed by atoms with van der Waals surface area (Å²) in [5.41, 5.74) is 11.4. The summed E-state index contributed by atoms with van der Waals surface area (Å²) in [4.78, 5) is 33.3. The van der Waals surface area contributed by atoms with E-state index in [1.54, 1.807) is 23.4 Å². The van der Waals surface area contributed by atoms with Crippen molar-refractivity contribution in [3.63, 3.8) is 0 Å². The van der Waals surface area contributed by atoms with E-state index < -0.39 is 5.60 Å². The number of ether oxygens (including phenoxy) is 1. The molecule has 0 bridgehead atoms. The third-order valence-electron chi connectivity index (χ3n) is 7.84. The number of nitrogens with two attached hydrogens (primary N) is 1. The van der Waals surface area contributed by atoms with Gasteiger partial charge < -0.3 is 20.2 Å². The van der Waals surface area contributed by atoms with Gasteiger partial charge in [0.05, 0.1) is 17.1 Å². The fraction of sp³-hybridized carbons (Fsp3) is 0.469. The highest BCUT2D eigenvalue weighted by Crippen LogP contribution is 2.38. The quantitative estimate of drug-likeness (QED) is 0.281. The van der Waals surface area contributed by atoms with Gasteiger partial charge in [0.25, 0.3) is 0 Å². The number of piperidine rings is 1. The Morgan fingerprint density at radius 3 is 2.67 bits per heavy atom. The van der Waals surface area contributed by atoms with Gasteiger partial charge in [-0.2, -0.15) is 0 Å². The highest BCUT2D eigenvalue weighted by atomic mass is 19.1. The zero-order chi connectivity index (χ0) is 29.9. The first-order chi connectivity index (χ1) is 20.1. The maximum Gasteiger partial charge on any atom is 0.410 e. The molecule has 42 heavy (non-hydrogen) atoms. The molecule has 1 amide bonds. The van der Waals surface area contributed by atoms with E-state index in [0.29, 0.717) is 38.5 Å². The van der Waals surface area contributed by atoms with E-state index in [4.69, 9.17) is 15.3 Å². The lowest BCUT2D eigenvalue weighted by atomic mass is 9.78. The van der Waals surface area contributed by atoms with Gasteiger partial charge in [0.2, 0.25) is 5.95 Å². The Hall–Kier alpha value is -4.08. The van der Waals surface area contributed by atoms with Gasteiger partial charge in [-0.25, -0.2) is 19.2 Å². The van der Waals surface area contributed by atoms with Crippen molar-refractivity contribution in [3.8, 4) is 11.1 Å². The van der Waals surface area contributed by atoms with Gasteiger partial charge in [0.15, 0.2) is 0 Å². The molecule has 1 unspecified atom stereocenters. The molecule has 1 atom stereocenters. The van der Waals surface area contributed by atoms with Crippen LogP contribution < -0.4 is 5.73 Å². The van der Waals surface area contributed by atoms with E-state index in [9.17, 15) is 9.18 Å². The van der Waals surface area contributed by atoms with Crippen LogP contribution in [0.5, 0.6) is 0 Å². The van der Waals surface area contributed by atoms with Crippen LogP contribution in [0.15, 0.2) is 47.9 Å². The molecule has 0 spiro atoms. The molecule has 9 nitrogen and oxygen atoms in total. The van der Waals surface area contributed by atoms with Gasteiger partial charge >= 0.3 is 6.09 Å². The number of aryl methyl sites for hydroxylation is 1. The monoisotopic (exact) mass is 574 g/mol. The molecule has 2 N–H and O–H groups in total. The van der Waals surface area contributed by atoms with Crippen LogP contribution in [0, 0.1) is 18.7 Å². The molecule has 1 saturated heterocycles. The van der Waals surface area contributed by atoms with E-state index in [-0.39, 0.29) is 23.8 Å². The molecule has 3 heterocycles. The van der Waals surface area contributed by atoms with E-state index in [1.807, 2.05) is 45.9 Å². The fourth-order valence-electron chi connectivity index (χ4n) is 5.85. The molecule has 1 aromatic carbocycles. The first-order valence-electron chi connectivity index (χ1n) is 14.6. The maximum atomic E-state index is 14.4. The predicted octanol–water partition coefficient (Wildman–Crippen LogP) is 6.06. The summed E-state index contributed by atoms with van der Waals surface area (Å²) in [5.74, 6) is 0.352. The third kappa shape index (κ3) is 7.03. The van der Waals surface area contributed by atoms with Gasteiger partial charge in [-0.1, -0.05) is 17.3 Å². The summed E-state index contributed by atoms with van der Waals surface area (Å²) >= 11 is 0. The van der Waals surface area contributed by atoms with Crippen molar-refractivity contribution < 1.29 is 18.8 Å². The van der Waals surface area contributed by atoms with Gasteiger partial charge in [0.1, 0.15) is 18.0 Å². The van der Waals surface area contributed by atoms with Crippen LogP contribution in [0.2, 0.25) is 0 Å². The van der Waals surface area contributed by atoms with Crippen LogP contribution in [0.1, 0.15) is 74.9 Å². The Morgan fingerprint density at radius 2 is 1.95 bits per heavy atom. The molecule has 1 aliphatic carbocycles. The number of fused-ring (bicyclic) bond motifs is 1. The molecule has 1 aliphatic heterocycles. The lowest BCUT2D eigenvalue weighted by Crippen LogP contribution is -2.41. The summed E-state index contributed by atoms with van der Waals surface area (Å²) in [6.07, 6.45) is 7.06. The molecular weight excluding hydrogens is 535 g/mol. The number of halogens is 1. The van der Waals surface area contributed by atoms with E-state index in [0.717, 1.165) is 58.6 Å². The Balaban J connectivity index is 1.29. The van der Waals surface area contributed by atoms with Crippen molar-refractivity contribution in [3.05, 3.63) is 71.1 Å². The molecule has 3 aromatic rings. The molecule has 0 saturated carbocycles. The Morgan fingerprint density at radius 1 is 1.17 bits per heavy atom. The zero-order valence-electron chi connectivity index (χ0n) is 24.8. The number of anilines is 1. The van der Waals surface area contributed by atoms with Gasteiger partial charge in [-0.3, -0.25) is 4.98 Å². The largest absolute Gasteiger partial charge is 0.444 e. The summed E-state index contributed by atoms with van der Waals surface area (Å²) in [6.45, 7) is 9.37. The number of benzene rings is 1. The number of aromatic nitrogens is 3. The number of rotatable bonds is 6. The summed E-state index contributed by atoms with van der Waals surface area (Å²) < 4.78 is 19.9. The number of carbonyl (C=O) groups is 1. The highest BCUT2D eigenvalue weighted by Gasteiger charge is 2.31. The van der Waals surface area contributed by atoms with Crippen LogP contribution in [-0.4, -0.2) is 57.0 Å². The second kappa shape index (κ2) is 12.4. The van der Waals surface area contributed by atoms with Crippen LogP contribution in [-0.2, 0) is 16.0 Å². The van der Waals surface area contributed by atoms with E-state index >= 15 is 0 Å². The topological polar surface area (TPSA) is 116 Å². The Bertz CT molecular complexity index is 1450. The van der Waals surface area contributed by atoms with Crippen molar-refractivity contribution in [1.82, 2.24) is 19.9 Å². The Labute approximate surface area is 246 Å². The minimum absolute atomic E-state index is 0.0125. The highest BCUT2D eigenvalue weighted by molar-refractivity contribution is 6.03. The smallest absolute Gasteiger partial charge is 0.410 e. The van der Waals surface area contributed by atoms with Crippen molar-refractivity contribution in [2.24, 2.45) is 11.1 Å². The molecular formula is C32H39FN6O3. The first kappa shape index (κ1) is 29.4. The Kier molecular flexibility index (Phi) is 8.70. The van der Waals surface area contributed by atoms with Crippen LogP contribution in [0.3, 0.4) is 0 Å². The number of nitrogen functional groups attached to an aromatic ring is 1. The standard InChI is InChI=1S/C32H39FN6O3/c1-20-29-27(37-30(34)36-20)16-23(25-8-7-24(33)18-26(25)22-6-5-12-35-19-22)17-28(29)38-41-15-11-21-9-13-39(14-10-21)31(40)42-32(2,3)4/h5-8,12,18-19,21,23H,9-11,13-17H2,1-4H3,(H2,34,36,37). The summed E-state index contributed by atoms with van der Waals surface area (Å²) in [7, 11) is 0. The number of hydrogen-bond acceptors (Lipinski definition) is 8. The second-order valence-corrected chi connectivity index (χ2v) is 12.1. The van der Waals surface area contributed by atoms with E-state index in [1.165, 1.54) is 6.07 Å². The lowest BCUT2D eigenvalue weighted by molar-refractivity contribution is 0.0168.